The lowest BCUT2D eigenvalue weighted by Gasteiger charge is -2.09. The zero-order chi connectivity index (χ0) is 20.1. The molecular formula is C21H20N4O3S. The molecule has 148 valence electrons. The van der Waals surface area contributed by atoms with Crippen LogP contribution in [-0.2, 0) is 6.54 Å². The number of thioether (sulfide) groups is 1. The Kier molecular flexibility index (Phi) is 5.90. The molecule has 2 aromatic heterocycles. The van der Waals surface area contributed by atoms with Gasteiger partial charge in [0.15, 0.2) is 28.3 Å². The van der Waals surface area contributed by atoms with Crippen LogP contribution in [0, 0.1) is 0 Å². The van der Waals surface area contributed by atoms with Gasteiger partial charge in [0.1, 0.15) is 0 Å². The third-order valence-corrected chi connectivity index (χ3v) is 5.34. The van der Waals surface area contributed by atoms with Crippen molar-refractivity contribution in [3.63, 3.8) is 0 Å². The van der Waals surface area contributed by atoms with Crippen LogP contribution in [0.4, 0.5) is 0 Å². The lowest BCUT2D eigenvalue weighted by molar-refractivity contribution is 0.102. The van der Waals surface area contributed by atoms with Crippen molar-refractivity contribution in [2.24, 2.45) is 0 Å². The summed E-state index contributed by atoms with van der Waals surface area (Å²) in [6, 6.07) is 9.07. The topological polar surface area (TPSA) is 79.1 Å². The lowest BCUT2D eigenvalue weighted by atomic mass is 10.1. The summed E-state index contributed by atoms with van der Waals surface area (Å²) < 4.78 is 13.2. The van der Waals surface area contributed by atoms with Crippen LogP contribution < -0.4 is 9.47 Å². The number of fused-ring (bicyclic) bond motifs is 1. The van der Waals surface area contributed by atoms with Crippen LogP contribution in [0.2, 0.25) is 0 Å². The maximum Gasteiger partial charge on any atom is 0.192 e. The first-order valence-corrected chi connectivity index (χ1v) is 10.2. The molecule has 1 aromatic carbocycles. The molecule has 0 unspecified atom stereocenters. The molecule has 3 heterocycles. The van der Waals surface area contributed by atoms with Crippen molar-refractivity contribution in [3.8, 4) is 22.9 Å². The third-order valence-electron chi connectivity index (χ3n) is 4.37. The smallest absolute Gasteiger partial charge is 0.192 e. The maximum absolute atomic E-state index is 12.7. The molecule has 4 rings (SSSR count). The molecule has 1 aliphatic heterocycles. The van der Waals surface area contributed by atoms with E-state index in [1.807, 2.05) is 16.7 Å². The number of pyridine rings is 1. The Morgan fingerprint density at radius 3 is 2.72 bits per heavy atom. The van der Waals surface area contributed by atoms with E-state index in [9.17, 15) is 4.79 Å². The quantitative estimate of drug-likeness (QED) is 0.335. The second-order valence-electron chi connectivity index (χ2n) is 6.37. The van der Waals surface area contributed by atoms with Crippen molar-refractivity contribution in [3.05, 3.63) is 60.9 Å². The first-order chi connectivity index (χ1) is 14.3. The number of rotatable bonds is 7. The summed E-state index contributed by atoms with van der Waals surface area (Å²) in [5.41, 5.74) is 1.50. The highest BCUT2D eigenvalue weighted by atomic mass is 32.2. The Hall–Kier alpha value is -3.13. The van der Waals surface area contributed by atoms with Gasteiger partial charge in [-0.1, -0.05) is 17.8 Å². The molecule has 8 heteroatoms. The van der Waals surface area contributed by atoms with Gasteiger partial charge in [0.05, 0.1) is 19.0 Å². The molecule has 0 radical (unpaired) electrons. The molecule has 0 N–H and O–H groups in total. The van der Waals surface area contributed by atoms with Gasteiger partial charge in [-0.25, -0.2) is 0 Å². The number of ketones is 1. The molecule has 0 spiro atoms. The molecular weight excluding hydrogens is 388 g/mol. The minimum atomic E-state index is -0.00994. The normalized spacial score (nSPS) is 13.0. The number of nitrogens with zero attached hydrogens (tertiary/aromatic N) is 4. The number of aromatic nitrogens is 4. The van der Waals surface area contributed by atoms with E-state index in [4.69, 9.17) is 9.47 Å². The second kappa shape index (κ2) is 8.91. The molecule has 29 heavy (non-hydrogen) atoms. The average molecular weight is 408 g/mol. The molecule has 0 bridgehead atoms. The Balaban J connectivity index is 1.50. The van der Waals surface area contributed by atoms with E-state index in [2.05, 4.69) is 21.8 Å². The van der Waals surface area contributed by atoms with Gasteiger partial charge in [-0.2, -0.15) is 0 Å². The summed E-state index contributed by atoms with van der Waals surface area (Å²) in [7, 11) is 0. The van der Waals surface area contributed by atoms with Crippen molar-refractivity contribution in [2.75, 3.05) is 19.0 Å². The molecule has 0 saturated heterocycles. The first kappa shape index (κ1) is 19.2. The molecule has 0 aliphatic carbocycles. The van der Waals surface area contributed by atoms with E-state index in [0.717, 1.165) is 17.8 Å². The molecule has 0 atom stereocenters. The number of Topliss-reactive ketones (excluding diaryl/α,β-unsaturated/α-hetero) is 1. The Morgan fingerprint density at radius 2 is 1.93 bits per heavy atom. The molecule has 0 amide bonds. The number of carbonyl (C=O) groups excluding carboxylic acids is 1. The van der Waals surface area contributed by atoms with Gasteiger partial charge in [0, 0.05) is 36.5 Å². The molecule has 3 aromatic rings. The van der Waals surface area contributed by atoms with Gasteiger partial charge >= 0.3 is 0 Å². The highest BCUT2D eigenvalue weighted by Gasteiger charge is 2.17. The number of allylic oxidation sites excluding steroid dienone is 1. The zero-order valence-electron chi connectivity index (χ0n) is 15.8. The van der Waals surface area contributed by atoms with Gasteiger partial charge in [0.2, 0.25) is 0 Å². The Bertz CT molecular complexity index is 1020. The van der Waals surface area contributed by atoms with E-state index in [1.54, 1.807) is 36.7 Å². The summed E-state index contributed by atoms with van der Waals surface area (Å²) >= 11 is 1.35. The third kappa shape index (κ3) is 4.32. The molecule has 0 fully saturated rings. The summed E-state index contributed by atoms with van der Waals surface area (Å²) in [5.74, 6) is 2.25. The van der Waals surface area contributed by atoms with Crippen LogP contribution in [0.25, 0.3) is 11.4 Å². The van der Waals surface area contributed by atoms with Crippen molar-refractivity contribution >= 4 is 17.5 Å². The zero-order valence-corrected chi connectivity index (χ0v) is 16.6. The van der Waals surface area contributed by atoms with E-state index < -0.39 is 0 Å². The Morgan fingerprint density at radius 1 is 1.14 bits per heavy atom. The number of hydrogen-bond acceptors (Lipinski definition) is 7. The van der Waals surface area contributed by atoms with Crippen LogP contribution in [0.3, 0.4) is 0 Å². The van der Waals surface area contributed by atoms with E-state index in [1.165, 1.54) is 11.8 Å². The predicted molar refractivity (Wildman–Crippen MR) is 111 cm³/mol. The van der Waals surface area contributed by atoms with Gasteiger partial charge in [-0.3, -0.25) is 14.3 Å². The van der Waals surface area contributed by atoms with Gasteiger partial charge in [-0.15, -0.1) is 16.8 Å². The van der Waals surface area contributed by atoms with Crippen LogP contribution >= 0.6 is 11.8 Å². The summed E-state index contributed by atoms with van der Waals surface area (Å²) in [5, 5.41) is 9.23. The van der Waals surface area contributed by atoms with Crippen LogP contribution in [0.15, 0.2) is 60.5 Å². The predicted octanol–water partition coefficient (Wildman–Crippen LogP) is 3.66. The fourth-order valence-electron chi connectivity index (χ4n) is 2.95. The number of ether oxygens (including phenoxy) is 2. The number of hydrogen-bond donors (Lipinski definition) is 0. The second-order valence-corrected chi connectivity index (χ2v) is 7.31. The highest BCUT2D eigenvalue weighted by Crippen LogP contribution is 2.31. The summed E-state index contributed by atoms with van der Waals surface area (Å²) in [4.78, 5) is 16.8. The maximum atomic E-state index is 12.7. The minimum Gasteiger partial charge on any atom is -0.490 e. The SMILES string of the molecule is C=CCn1c(SCC(=O)c2ccc3c(c2)OCCCO3)nnc1-c1ccncc1. The molecule has 1 aliphatic rings. The highest BCUT2D eigenvalue weighted by molar-refractivity contribution is 7.99. The number of benzene rings is 1. The van der Waals surface area contributed by atoms with Crippen molar-refractivity contribution in [1.29, 1.82) is 0 Å². The van der Waals surface area contributed by atoms with Crippen molar-refractivity contribution in [1.82, 2.24) is 19.7 Å². The first-order valence-electron chi connectivity index (χ1n) is 9.26. The minimum absolute atomic E-state index is 0.00994. The van der Waals surface area contributed by atoms with Gasteiger partial charge < -0.3 is 9.47 Å². The lowest BCUT2D eigenvalue weighted by Crippen LogP contribution is -2.06. The van der Waals surface area contributed by atoms with E-state index in [-0.39, 0.29) is 11.5 Å². The van der Waals surface area contributed by atoms with Gasteiger partial charge in [0.25, 0.3) is 0 Å². The number of carbonyl (C=O) groups is 1. The molecule has 7 nitrogen and oxygen atoms in total. The summed E-state index contributed by atoms with van der Waals surface area (Å²) in [6.45, 7) is 5.56. The van der Waals surface area contributed by atoms with Crippen LogP contribution in [0.1, 0.15) is 16.8 Å². The average Bonchev–Trinajstić information content (AvgIpc) is 3.00. The van der Waals surface area contributed by atoms with Gasteiger partial charge in [-0.05, 0) is 30.3 Å². The molecule has 0 saturated carbocycles. The van der Waals surface area contributed by atoms with Crippen LogP contribution in [0.5, 0.6) is 11.5 Å². The summed E-state index contributed by atoms with van der Waals surface area (Å²) in [6.07, 6.45) is 6.03. The van der Waals surface area contributed by atoms with Crippen molar-refractivity contribution in [2.45, 2.75) is 18.1 Å². The van der Waals surface area contributed by atoms with Crippen LogP contribution in [-0.4, -0.2) is 44.5 Å². The fraction of sp³-hybridized carbons (Fsp3) is 0.238. The largest absolute Gasteiger partial charge is 0.490 e. The monoisotopic (exact) mass is 408 g/mol. The van der Waals surface area contributed by atoms with E-state index in [0.29, 0.717) is 42.0 Å². The standard InChI is InChI=1S/C21H20N4O3S/c1-2-10-25-20(15-6-8-22-9-7-15)23-24-21(25)29-14-17(26)16-4-5-18-19(13-16)28-12-3-11-27-18/h2,4-9,13H,1,3,10-12,14H2. The Labute approximate surface area is 172 Å². The van der Waals surface area contributed by atoms with Crippen molar-refractivity contribution < 1.29 is 14.3 Å². The van der Waals surface area contributed by atoms with E-state index >= 15 is 0 Å². The fourth-order valence-corrected chi connectivity index (χ4v) is 3.80.